The van der Waals surface area contributed by atoms with Gasteiger partial charge in [-0.1, -0.05) is 185 Å². The van der Waals surface area contributed by atoms with Crippen LogP contribution >= 0.6 is 0 Å². The fourth-order valence-corrected chi connectivity index (χ4v) is 10.2. The summed E-state index contributed by atoms with van der Waals surface area (Å²) < 4.78 is 17.5. The van der Waals surface area contributed by atoms with Crippen LogP contribution in [0.1, 0.15) is 226 Å². The van der Waals surface area contributed by atoms with Gasteiger partial charge in [0.2, 0.25) is 5.91 Å². The summed E-state index contributed by atoms with van der Waals surface area (Å²) in [7, 11) is 0. The number of aliphatic hydroxyl groups excluding tert-OH is 5. The number of unbranched alkanes of at least 4 members (excludes halogenated alkanes) is 19. The van der Waals surface area contributed by atoms with Crippen molar-refractivity contribution < 1.29 is 44.5 Å². The molecule has 0 aromatic rings. The van der Waals surface area contributed by atoms with E-state index in [1.54, 1.807) is 0 Å². The van der Waals surface area contributed by atoms with E-state index in [1.165, 1.54) is 167 Å². The molecule has 1 saturated heterocycles. The lowest BCUT2D eigenvalue weighted by atomic mass is 9.99. The molecule has 3 aliphatic rings. The fraction of sp³-hybridized carbons (Fsp3) is 0.877. The summed E-state index contributed by atoms with van der Waals surface area (Å²) in [5.41, 5.74) is 0. The Labute approximate surface area is 409 Å². The fourth-order valence-electron chi connectivity index (χ4n) is 10.2. The standard InChI is InChI=1S/C57H103NO9/c1-4-7-9-11-13-16-22-28-34-45-41-47(45)36-30-24-18-15-19-26-32-38-50(60)49(44-66-57-55(65-40-6-3)54(63)53(62)52(43-59)67-57)58-56(64)51(61)39-33-27-21-20-25-31-37-48-42-46(48)35-29-23-17-14-12-10-8-5-2/h6,15,19,21,27,45-55,57,59-63H,3-5,7-14,16-18,20,22-26,28-44H2,1-2H3,(H,58,64)/b19-15-,27-21-/t45-,46-,47+,48+,49-,50+,51+,52+,53-,54-,55+,57+/m0/s1. The van der Waals surface area contributed by atoms with E-state index in [9.17, 15) is 30.3 Å². The second-order valence-corrected chi connectivity index (χ2v) is 20.9. The Morgan fingerprint density at radius 1 is 0.627 bits per heavy atom. The van der Waals surface area contributed by atoms with E-state index in [1.807, 2.05) is 6.08 Å². The number of rotatable bonds is 45. The van der Waals surface area contributed by atoms with Crippen molar-refractivity contribution in [2.24, 2.45) is 23.7 Å². The van der Waals surface area contributed by atoms with Crippen molar-refractivity contribution in [3.05, 3.63) is 37.0 Å². The van der Waals surface area contributed by atoms with Crippen molar-refractivity contribution in [2.45, 2.75) is 275 Å². The molecule has 10 heteroatoms. The van der Waals surface area contributed by atoms with E-state index in [2.05, 4.69) is 44.0 Å². The monoisotopic (exact) mass is 946 g/mol. The van der Waals surface area contributed by atoms with Gasteiger partial charge in [0, 0.05) is 0 Å². The Morgan fingerprint density at radius 3 is 1.58 bits per heavy atom. The number of hydrogen-bond acceptors (Lipinski definition) is 9. The van der Waals surface area contributed by atoms with Gasteiger partial charge >= 0.3 is 0 Å². The summed E-state index contributed by atoms with van der Waals surface area (Å²) in [4.78, 5) is 13.3. The van der Waals surface area contributed by atoms with Crippen LogP contribution in [0.5, 0.6) is 0 Å². The highest BCUT2D eigenvalue weighted by molar-refractivity contribution is 5.80. The number of nitrogens with one attached hydrogen (secondary N) is 1. The molecular weight excluding hydrogens is 843 g/mol. The average Bonchev–Trinajstić information content (AvgIpc) is 4.27. The molecule has 1 amide bonds. The molecule has 1 heterocycles. The number of amides is 1. The van der Waals surface area contributed by atoms with E-state index < -0.39 is 61.5 Å². The number of ether oxygens (including phenoxy) is 3. The first kappa shape index (κ1) is 59.7. The van der Waals surface area contributed by atoms with Crippen molar-refractivity contribution in [1.29, 1.82) is 0 Å². The molecule has 67 heavy (non-hydrogen) atoms. The van der Waals surface area contributed by atoms with E-state index in [0.29, 0.717) is 19.3 Å². The van der Waals surface area contributed by atoms with Gasteiger partial charge in [0.15, 0.2) is 6.29 Å². The molecule has 3 fully saturated rings. The summed E-state index contributed by atoms with van der Waals surface area (Å²) in [6, 6.07) is -0.893. The topological polar surface area (TPSA) is 158 Å². The Morgan fingerprint density at radius 2 is 1.09 bits per heavy atom. The molecule has 0 unspecified atom stereocenters. The minimum Gasteiger partial charge on any atom is -0.394 e. The third kappa shape index (κ3) is 27.0. The smallest absolute Gasteiger partial charge is 0.249 e. The minimum absolute atomic E-state index is 0.0547. The van der Waals surface area contributed by atoms with Gasteiger partial charge in [-0.15, -0.1) is 6.58 Å². The molecule has 6 N–H and O–H groups in total. The molecule has 0 aromatic carbocycles. The maximum atomic E-state index is 13.3. The van der Waals surface area contributed by atoms with Crippen LogP contribution in [0.25, 0.3) is 0 Å². The molecule has 2 saturated carbocycles. The summed E-state index contributed by atoms with van der Waals surface area (Å²) in [6.07, 6.45) is 42.0. The number of allylic oxidation sites excluding steroid dienone is 4. The molecular formula is C57H103NO9. The first-order valence-electron chi connectivity index (χ1n) is 28.2. The number of carbonyl (C=O) groups excluding carboxylic acids is 1. The van der Waals surface area contributed by atoms with Gasteiger partial charge < -0.3 is 45.1 Å². The van der Waals surface area contributed by atoms with Crippen molar-refractivity contribution >= 4 is 5.91 Å². The Bertz CT molecular complexity index is 1280. The summed E-state index contributed by atoms with van der Waals surface area (Å²) in [5.74, 6) is 3.23. The predicted octanol–water partition coefficient (Wildman–Crippen LogP) is 11.7. The highest BCUT2D eigenvalue weighted by Gasteiger charge is 2.46. The van der Waals surface area contributed by atoms with Crippen molar-refractivity contribution in [1.82, 2.24) is 5.32 Å². The molecule has 2 aliphatic carbocycles. The molecule has 10 nitrogen and oxygen atoms in total. The third-order valence-corrected chi connectivity index (χ3v) is 15.0. The SMILES string of the molecule is C=CCO[C@H]1[C@H](OC[C@H](NC(=O)[C@H](O)CC/C=C\CCCC[C@@H]2C[C@@H]2CCCCCCCCCC)[C@H](O)CCC/C=C\CCCC[C@@H]2C[C@@H]2CCCCCCCCCC)O[C@H](CO)[C@H](O)[C@@H]1O. The lowest BCUT2D eigenvalue weighted by Gasteiger charge is -2.42. The second-order valence-electron chi connectivity index (χ2n) is 20.9. The lowest BCUT2D eigenvalue weighted by molar-refractivity contribution is -0.310. The largest absolute Gasteiger partial charge is 0.394 e. The third-order valence-electron chi connectivity index (χ3n) is 15.0. The van der Waals surface area contributed by atoms with Crippen LogP contribution in [-0.4, -0.2) is 100 Å². The molecule has 3 rings (SSSR count). The highest BCUT2D eigenvalue weighted by Crippen LogP contribution is 2.46. The van der Waals surface area contributed by atoms with E-state index in [0.717, 1.165) is 49.4 Å². The van der Waals surface area contributed by atoms with Crippen LogP contribution in [0, 0.1) is 23.7 Å². The minimum atomic E-state index is -1.41. The van der Waals surface area contributed by atoms with Gasteiger partial charge in [0.05, 0.1) is 32.0 Å². The van der Waals surface area contributed by atoms with Crippen LogP contribution in [0.15, 0.2) is 37.0 Å². The van der Waals surface area contributed by atoms with Gasteiger partial charge in [-0.25, -0.2) is 0 Å². The number of hydrogen-bond donors (Lipinski definition) is 6. The predicted molar refractivity (Wildman–Crippen MR) is 274 cm³/mol. The highest BCUT2D eigenvalue weighted by atomic mass is 16.7. The summed E-state index contributed by atoms with van der Waals surface area (Å²) in [5, 5.41) is 56.1. The van der Waals surface area contributed by atoms with Gasteiger partial charge in [0.25, 0.3) is 0 Å². The van der Waals surface area contributed by atoms with Crippen LogP contribution in [0.3, 0.4) is 0 Å². The quantitative estimate of drug-likeness (QED) is 0.0258. The maximum absolute atomic E-state index is 13.3. The normalized spacial score (nSPS) is 26.3. The van der Waals surface area contributed by atoms with Crippen molar-refractivity contribution in [3.63, 3.8) is 0 Å². The molecule has 0 aromatic heterocycles. The Hall–Kier alpha value is -1.63. The maximum Gasteiger partial charge on any atom is 0.249 e. The van der Waals surface area contributed by atoms with Crippen molar-refractivity contribution in [2.75, 3.05) is 19.8 Å². The number of aliphatic hydroxyl groups is 5. The zero-order chi connectivity index (χ0) is 48.3. The van der Waals surface area contributed by atoms with Crippen LogP contribution in [0.2, 0.25) is 0 Å². The van der Waals surface area contributed by atoms with Crippen LogP contribution in [0.4, 0.5) is 0 Å². The molecule has 0 bridgehead atoms. The zero-order valence-electron chi connectivity index (χ0n) is 42.8. The number of carbonyl (C=O) groups is 1. The Balaban J connectivity index is 1.34. The van der Waals surface area contributed by atoms with E-state index >= 15 is 0 Å². The molecule has 0 spiro atoms. The van der Waals surface area contributed by atoms with Gasteiger partial charge in [-0.2, -0.15) is 0 Å². The molecule has 1 aliphatic heterocycles. The molecule has 12 atom stereocenters. The Kier molecular flexibility index (Phi) is 33.9. The van der Waals surface area contributed by atoms with E-state index in [-0.39, 0.29) is 19.6 Å². The van der Waals surface area contributed by atoms with Crippen molar-refractivity contribution in [3.8, 4) is 0 Å². The van der Waals surface area contributed by atoms with Gasteiger partial charge in [0.1, 0.15) is 30.5 Å². The summed E-state index contributed by atoms with van der Waals surface area (Å²) >= 11 is 0. The van der Waals surface area contributed by atoms with Gasteiger partial charge in [-0.05, 0) is 94.3 Å². The molecule has 0 radical (unpaired) electrons. The second kappa shape index (κ2) is 38.1. The first-order valence-corrected chi connectivity index (χ1v) is 28.2. The summed E-state index contributed by atoms with van der Waals surface area (Å²) in [6.45, 7) is 7.49. The van der Waals surface area contributed by atoms with E-state index in [4.69, 9.17) is 14.2 Å². The molecule has 390 valence electrons. The lowest BCUT2D eigenvalue weighted by Crippen LogP contribution is -2.61. The average molecular weight is 946 g/mol. The van der Waals surface area contributed by atoms with Crippen LogP contribution in [-0.2, 0) is 19.0 Å². The van der Waals surface area contributed by atoms with Gasteiger partial charge in [-0.3, -0.25) is 4.79 Å². The first-order chi connectivity index (χ1) is 32.7. The zero-order valence-corrected chi connectivity index (χ0v) is 42.8. The van der Waals surface area contributed by atoms with Crippen LogP contribution < -0.4 is 5.32 Å².